The number of nitrogens with one attached hydrogen (secondary N) is 1. The van der Waals surface area contributed by atoms with Crippen molar-refractivity contribution < 1.29 is 9.32 Å². The fourth-order valence-corrected chi connectivity index (χ4v) is 4.02. The SMILES string of the molecule is O=C(CCc1nc(-c2ccsc2)no1)NCc1ccc(N2CCCCCC2)nc1. The molecule has 3 aromatic rings. The van der Waals surface area contributed by atoms with E-state index >= 15 is 0 Å². The molecule has 1 N–H and O–H groups in total. The van der Waals surface area contributed by atoms with E-state index < -0.39 is 0 Å². The van der Waals surface area contributed by atoms with Crippen molar-refractivity contribution in [2.75, 3.05) is 18.0 Å². The van der Waals surface area contributed by atoms with Crippen LogP contribution in [0.1, 0.15) is 43.6 Å². The lowest BCUT2D eigenvalue weighted by Gasteiger charge is -2.21. The average Bonchev–Trinajstić information content (AvgIpc) is 3.38. The van der Waals surface area contributed by atoms with Gasteiger partial charge in [0.05, 0.1) is 0 Å². The number of anilines is 1. The van der Waals surface area contributed by atoms with E-state index in [1.54, 1.807) is 11.3 Å². The summed E-state index contributed by atoms with van der Waals surface area (Å²) < 4.78 is 5.23. The van der Waals surface area contributed by atoms with Crippen LogP contribution in [0, 0.1) is 0 Å². The molecule has 1 saturated heterocycles. The first-order valence-corrected chi connectivity index (χ1v) is 11.0. The molecule has 0 radical (unpaired) electrons. The summed E-state index contributed by atoms with van der Waals surface area (Å²) in [5.41, 5.74) is 1.93. The van der Waals surface area contributed by atoms with E-state index in [0.29, 0.717) is 31.1 Å². The van der Waals surface area contributed by atoms with Crippen molar-refractivity contribution in [2.45, 2.75) is 45.1 Å². The Kier molecular flexibility index (Phi) is 6.51. The van der Waals surface area contributed by atoms with Crippen LogP contribution >= 0.6 is 11.3 Å². The Labute approximate surface area is 174 Å². The van der Waals surface area contributed by atoms with Crippen LogP contribution in [0.25, 0.3) is 11.4 Å². The zero-order valence-corrected chi connectivity index (χ0v) is 17.2. The third kappa shape index (κ3) is 5.41. The van der Waals surface area contributed by atoms with Crippen molar-refractivity contribution >= 4 is 23.1 Å². The zero-order chi connectivity index (χ0) is 19.9. The maximum Gasteiger partial charge on any atom is 0.227 e. The maximum atomic E-state index is 12.1. The topological polar surface area (TPSA) is 84.1 Å². The molecule has 7 nitrogen and oxygen atoms in total. The van der Waals surface area contributed by atoms with Gasteiger partial charge in [0.15, 0.2) is 0 Å². The van der Waals surface area contributed by atoms with Crippen molar-refractivity contribution in [3.63, 3.8) is 0 Å². The second-order valence-corrected chi connectivity index (χ2v) is 8.01. The maximum absolute atomic E-state index is 12.1. The number of rotatable bonds is 7. The molecule has 1 aliphatic heterocycles. The molecule has 4 heterocycles. The van der Waals surface area contributed by atoms with E-state index in [-0.39, 0.29) is 5.91 Å². The number of amides is 1. The molecule has 0 aromatic carbocycles. The van der Waals surface area contributed by atoms with Crippen molar-refractivity contribution in [2.24, 2.45) is 0 Å². The van der Waals surface area contributed by atoms with E-state index in [1.807, 2.05) is 29.1 Å². The fourth-order valence-electron chi connectivity index (χ4n) is 3.38. The lowest BCUT2D eigenvalue weighted by atomic mass is 10.2. The van der Waals surface area contributed by atoms with Gasteiger partial charge in [-0.1, -0.05) is 24.1 Å². The summed E-state index contributed by atoms with van der Waals surface area (Å²) in [6, 6.07) is 6.04. The van der Waals surface area contributed by atoms with Gasteiger partial charge < -0.3 is 14.7 Å². The number of aryl methyl sites for hydroxylation is 1. The molecule has 3 aromatic heterocycles. The van der Waals surface area contributed by atoms with Crippen molar-refractivity contribution in [1.82, 2.24) is 20.4 Å². The minimum absolute atomic E-state index is 0.0446. The quantitative estimate of drug-likeness (QED) is 0.636. The first kappa shape index (κ1) is 19.6. The minimum atomic E-state index is -0.0446. The van der Waals surface area contributed by atoms with Gasteiger partial charge in [-0.2, -0.15) is 16.3 Å². The smallest absolute Gasteiger partial charge is 0.227 e. The van der Waals surface area contributed by atoms with Crippen molar-refractivity contribution in [3.05, 3.63) is 46.6 Å². The Morgan fingerprint density at radius 3 is 2.76 bits per heavy atom. The van der Waals surface area contributed by atoms with Crippen LogP contribution in [-0.2, 0) is 17.8 Å². The molecular weight excluding hydrogens is 386 g/mol. The summed E-state index contributed by atoms with van der Waals surface area (Å²) in [6.07, 6.45) is 7.66. The highest BCUT2D eigenvalue weighted by molar-refractivity contribution is 7.08. The van der Waals surface area contributed by atoms with Gasteiger partial charge in [-0.15, -0.1) is 0 Å². The van der Waals surface area contributed by atoms with Gasteiger partial charge >= 0.3 is 0 Å². The second kappa shape index (κ2) is 9.65. The van der Waals surface area contributed by atoms with Crippen molar-refractivity contribution in [3.8, 4) is 11.4 Å². The zero-order valence-electron chi connectivity index (χ0n) is 16.3. The molecule has 0 unspecified atom stereocenters. The minimum Gasteiger partial charge on any atom is -0.357 e. The van der Waals surface area contributed by atoms with Crippen LogP contribution in [-0.4, -0.2) is 34.1 Å². The van der Waals surface area contributed by atoms with Crippen molar-refractivity contribution in [1.29, 1.82) is 0 Å². The van der Waals surface area contributed by atoms with Gasteiger partial charge in [0, 0.05) is 49.6 Å². The van der Waals surface area contributed by atoms with Gasteiger partial charge in [0.25, 0.3) is 0 Å². The first-order valence-electron chi connectivity index (χ1n) is 10.1. The van der Waals surface area contributed by atoms with Crippen LogP contribution < -0.4 is 10.2 Å². The lowest BCUT2D eigenvalue weighted by Crippen LogP contribution is -2.25. The fraction of sp³-hybridized carbons (Fsp3) is 0.429. The van der Waals surface area contributed by atoms with Gasteiger partial charge in [-0.3, -0.25) is 4.79 Å². The largest absolute Gasteiger partial charge is 0.357 e. The first-order chi connectivity index (χ1) is 14.3. The van der Waals surface area contributed by atoms with Crippen LogP contribution in [0.3, 0.4) is 0 Å². The predicted octanol–water partition coefficient (Wildman–Crippen LogP) is 3.82. The molecule has 0 bridgehead atoms. The summed E-state index contributed by atoms with van der Waals surface area (Å²) >= 11 is 1.58. The molecule has 8 heteroatoms. The molecule has 0 spiro atoms. The number of carbonyl (C=O) groups excluding carboxylic acids is 1. The average molecular weight is 412 g/mol. The number of hydrogen-bond acceptors (Lipinski definition) is 7. The van der Waals surface area contributed by atoms with Gasteiger partial charge in [0.2, 0.25) is 17.6 Å². The third-order valence-corrected chi connectivity index (χ3v) is 5.73. The number of hydrogen-bond donors (Lipinski definition) is 1. The molecule has 1 amide bonds. The number of pyridine rings is 1. The number of aromatic nitrogens is 3. The summed E-state index contributed by atoms with van der Waals surface area (Å²) in [5, 5.41) is 10.8. The van der Waals surface area contributed by atoms with Gasteiger partial charge in [-0.05, 0) is 35.9 Å². The van der Waals surface area contributed by atoms with Crippen LogP contribution in [0.4, 0.5) is 5.82 Å². The number of carbonyl (C=O) groups is 1. The lowest BCUT2D eigenvalue weighted by molar-refractivity contribution is -0.121. The van der Waals surface area contributed by atoms with E-state index in [4.69, 9.17) is 4.52 Å². The highest BCUT2D eigenvalue weighted by atomic mass is 32.1. The molecule has 0 atom stereocenters. The van der Waals surface area contributed by atoms with E-state index in [1.165, 1.54) is 25.7 Å². The molecule has 0 saturated carbocycles. The summed E-state index contributed by atoms with van der Waals surface area (Å²) in [7, 11) is 0. The van der Waals surface area contributed by atoms with Crippen LogP contribution in [0.15, 0.2) is 39.7 Å². The third-order valence-electron chi connectivity index (χ3n) is 5.04. The molecule has 1 fully saturated rings. The van der Waals surface area contributed by atoms with Gasteiger partial charge in [0.1, 0.15) is 5.82 Å². The van der Waals surface area contributed by atoms with Crippen LogP contribution in [0.2, 0.25) is 0 Å². The summed E-state index contributed by atoms with van der Waals surface area (Å²) in [4.78, 5) is 23.4. The Morgan fingerprint density at radius 1 is 1.17 bits per heavy atom. The molecule has 4 rings (SSSR count). The normalized spacial score (nSPS) is 14.6. The van der Waals surface area contributed by atoms with E-state index in [2.05, 4.69) is 31.4 Å². The summed E-state index contributed by atoms with van der Waals surface area (Å²) in [5.74, 6) is 2.03. The second-order valence-electron chi connectivity index (χ2n) is 7.23. The van der Waals surface area contributed by atoms with Gasteiger partial charge in [-0.25, -0.2) is 4.98 Å². The Hall–Kier alpha value is -2.74. The molecule has 0 aliphatic carbocycles. The molecule has 1 aliphatic rings. The standard InChI is InChI=1S/C21H25N5O2S/c27-19(7-8-20-24-21(25-28-20)17-9-12-29-15-17)23-14-16-5-6-18(22-13-16)26-10-3-1-2-4-11-26/h5-6,9,12-13,15H,1-4,7-8,10-11,14H2,(H,23,27). The number of thiophene rings is 1. The molecule has 29 heavy (non-hydrogen) atoms. The van der Waals surface area contributed by atoms with Crippen LogP contribution in [0.5, 0.6) is 0 Å². The molecular formula is C21H25N5O2S. The monoisotopic (exact) mass is 411 g/mol. The Balaban J connectivity index is 1.22. The van der Waals surface area contributed by atoms with E-state index in [0.717, 1.165) is 30.0 Å². The Bertz CT molecular complexity index is 900. The Morgan fingerprint density at radius 2 is 2.03 bits per heavy atom. The molecule has 152 valence electrons. The number of nitrogens with zero attached hydrogens (tertiary/aromatic N) is 4. The predicted molar refractivity (Wildman–Crippen MR) is 113 cm³/mol. The highest BCUT2D eigenvalue weighted by Gasteiger charge is 2.12. The van der Waals surface area contributed by atoms with E-state index in [9.17, 15) is 4.79 Å². The highest BCUT2D eigenvalue weighted by Crippen LogP contribution is 2.19. The summed E-state index contributed by atoms with van der Waals surface area (Å²) in [6.45, 7) is 2.62.